The topological polar surface area (TPSA) is 90.9 Å². The predicted octanol–water partition coefficient (Wildman–Crippen LogP) is 1.68. The summed E-state index contributed by atoms with van der Waals surface area (Å²) in [5.41, 5.74) is 0.659. The second-order valence-electron chi connectivity index (χ2n) is 7.95. The van der Waals surface area contributed by atoms with Gasteiger partial charge in [-0.2, -0.15) is 0 Å². The third-order valence-corrected chi connectivity index (χ3v) is 6.11. The Balaban J connectivity index is 2.06. The maximum atomic E-state index is 13.7. The molecule has 29 heavy (non-hydrogen) atoms. The van der Waals surface area contributed by atoms with Crippen LogP contribution in [-0.4, -0.2) is 59.1 Å². The number of guanidine groups is 1. The summed E-state index contributed by atoms with van der Waals surface area (Å²) >= 11 is 0. The Morgan fingerprint density at radius 1 is 1.21 bits per heavy atom. The van der Waals surface area contributed by atoms with Gasteiger partial charge in [0.05, 0.1) is 11.2 Å². The van der Waals surface area contributed by atoms with Crippen molar-refractivity contribution in [3.63, 3.8) is 0 Å². The largest absolute Gasteiger partial charge is 0.355 e. The number of nitrogens with one attached hydrogen (secondary N) is 2. The summed E-state index contributed by atoms with van der Waals surface area (Å²) < 4.78 is 37.0. The third kappa shape index (κ3) is 6.42. The van der Waals surface area contributed by atoms with Crippen LogP contribution in [0.25, 0.3) is 0 Å². The monoisotopic (exact) mass is 426 g/mol. The van der Waals surface area contributed by atoms with Crippen LogP contribution >= 0.6 is 0 Å². The molecule has 2 N–H and O–H groups in total. The summed E-state index contributed by atoms with van der Waals surface area (Å²) in [5, 5.41) is 6.32. The number of halogens is 1. The normalized spacial score (nSPS) is 16.5. The van der Waals surface area contributed by atoms with Crippen LogP contribution in [0.2, 0.25) is 0 Å². The highest BCUT2D eigenvalue weighted by Gasteiger charge is 2.42. The molecule has 1 aliphatic rings. The van der Waals surface area contributed by atoms with E-state index in [-0.39, 0.29) is 18.2 Å². The van der Waals surface area contributed by atoms with E-state index in [0.29, 0.717) is 23.6 Å². The molecule has 0 aliphatic heterocycles. The van der Waals surface area contributed by atoms with Gasteiger partial charge in [-0.3, -0.25) is 9.79 Å². The molecule has 1 aliphatic carbocycles. The van der Waals surface area contributed by atoms with E-state index in [1.54, 1.807) is 26.0 Å². The van der Waals surface area contributed by atoms with E-state index in [1.165, 1.54) is 18.2 Å². The average Bonchev–Trinajstić information content (AvgIpc) is 3.12. The quantitative estimate of drug-likeness (QED) is 0.511. The molecule has 0 heterocycles. The lowest BCUT2D eigenvalue weighted by molar-refractivity contribution is -0.138. The van der Waals surface area contributed by atoms with Crippen LogP contribution in [0.5, 0.6) is 0 Å². The fourth-order valence-corrected chi connectivity index (χ4v) is 4.67. The van der Waals surface area contributed by atoms with E-state index in [4.69, 9.17) is 0 Å². The van der Waals surface area contributed by atoms with E-state index >= 15 is 0 Å². The molecule has 0 saturated heterocycles. The minimum atomic E-state index is -3.24. The van der Waals surface area contributed by atoms with Gasteiger partial charge in [0.25, 0.3) is 0 Å². The average molecular weight is 427 g/mol. The van der Waals surface area contributed by atoms with E-state index in [9.17, 15) is 17.6 Å². The first-order valence-corrected chi connectivity index (χ1v) is 11.7. The highest BCUT2D eigenvalue weighted by Crippen LogP contribution is 2.38. The van der Waals surface area contributed by atoms with Gasteiger partial charge in [-0.05, 0) is 36.1 Å². The van der Waals surface area contributed by atoms with Gasteiger partial charge in [0.15, 0.2) is 15.8 Å². The first kappa shape index (κ1) is 23.1. The first-order chi connectivity index (χ1) is 13.6. The van der Waals surface area contributed by atoms with Gasteiger partial charge in [-0.15, -0.1) is 0 Å². The second-order valence-corrected chi connectivity index (χ2v) is 10.1. The minimum Gasteiger partial charge on any atom is -0.355 e. The van der Waals surface area contributed by atoms with Gasteiger partial charge >= 0.3 is 0 Å². The van der Waals surface area contributed by atoms with Crippen molar-refractivity contribution in [2.75, 3.05) is 33.9 Å². The molecule has 1 aromatic carbocycles. The fourth-order valence-electron chi connectivity index (χ4n) is 3.83. The van der Waals surface area contributed by atoms with Crippen molar-refractivity contribution in [1.29, 1.82) is 0 Å². The standard InChI is InChI=1S/C20H31FN4O3S/c1-22-19(24-14-20(9-5-6-10-20)18(26)25(2)3)23-12-16-11-17(21)8-7-15(16)13-29(4,27)28/h7-8,11H,5-6,9-10,12-14H2,1-4H3,(H2,22,23,24). The second kappa shape index (κ2) is 9.56. The van der Waals surface area contributed by atoms with Crippen molar-refractivity contribution in [1.82, 2.24) is 15.5 Å². The maximum Gasteiger partial charge on any atom is 0.230 e. The number of nitrogens with zero attached hydrogens (tertiary/aromatic N) is 2. The molecule has 0 unspecified atom stereocenters. The lowest BCUT2D eigenvalue weighted by atomic mass is 9.84. The van der Waals surface area contributed by atoms with Crippen molar-refractivity contribution in [2.24, 2.45) is 10.4 Å². The first-order valence-electron chi connectivity index (χ1n) is 9.68. The highest BCUT2D eigenvalue weighted by molar-refractivity contribution is 7.89. The van der Waals surface area contributed by atoms with Gasteiger partial charge in [0.2, 0.25) is 5.91 Å². The number of carbonyl (C=O) groups excluding carboxylic acids is 1. The van der Waals surface area contributed by atoms with Crippen LogP contribution in [0.4, 0.5) is 4.39 Å². The zero-order valence-electron chi connectivity index (χ0n) is 17.6. The number of sulfone groups is 1. The number of rotatable bonds is 7. The summed E-state index contributed by atoms with van der Waals surface area (Å²) in [4.78, 5) is 18.5. The van der Waals surface area contributed by atoms with Crippen LogP contribution in [-0.2, 0) is 26.9 Å². The number of benzene rings is 1. The lowest BCUT2D eigenvalue weighted by Crippen LogP contribution is -2.49. The molecule has 7 nitrogen and oxygen atoms in total. The summed E-state index contributed by atoms with van der Waals surface area (Å²) in [6, 6.07) is 4.08. The SMILES string of the molecule is CN=C(NCc1cc(F)ccc1CS(C)(=O)=O)NCC1(C(=O)N(C)C)CCCC1. The van der Waals surface area contributed by atoms with Crippen molar-refractivity contribution in [2.45, 2.75) is 38.0 Å². The summed E-state index contributed by atoms with van der Waals surface area (Å²) in [6.07, 6.45) is 4.85. The number of hydrogen-bond donors (Lipinski definition) is 2. The Morgan fingerprint density at radius 2 is 1.86 bits per heavy atom. The summed E-state index contributed by atoms with van der Waals surface area (Å²) in [7, 11) is 1.91. The summed E-state index contributed by atoms with van der Waals surface area (Å²) in [5.74, 6) is 0.0101. The van der Waals surface area contributed by atoms with Crippen molar-refractivity contribution >= 4 is 21.7 Å². The fraction of sp³-hybridized carbons (Fsp3) is 0.600. The van der Waals surface area contributed by atoms with Crippen molar-refractivity contribution < 1.29 is 17.6 Å². The lowest BCUT2D eigenvalue weighted by Gasteiger charge is -2.31. The van der Waals surface area contributed by atoms with E-state index < -0.39 is 21.1 Å². The molecule has 2 rings (SSSR count). The van der Waals surface area contributed by atoms with Crippen LogP contribution in [0.3, 0.4) is 0 Å². The number of aliphatic imine (C=N–C) groups is 1. The molecule has 0 spiro atoms. The van der Waals surface area contributed by atoms with E-state index in [1.807, 2.05) is 0 Å². The Labute approximate surface area is 172 Å². The maximum absolute atomic E-state index is 13.7. The van der Waals surface area contributed by atoms with Gasteiger partial charge in [0, 0.05) is 40.5 Å². The zero-order chi connectivity index (χ0) is 21.7. The summed E-state index contributed by atoms with van der Waals surface area (Å²) in [6.45, 7) is 0.681. The van der Waals surface area contributed by atoms with Crippen LogP contribution in [0.15, 0.2) is 23.2 Å². The van der Waals surface area contributed by atoms with Crippen molar-refractivity contribution in [3.05, 3.63) is 35.1 Å². The van der Waals surface area contributed by atoms with Gasteiger partial charge < -0.3 is 15.5 Å². The van der Waals surface area contributed by atoms with Crippen LogP contribution in [0, 0.1) is 11.2 Å². The van der Waals surface area contributed by atoms with Crippen molar-refractivity contribution in [3.8, 4) is 0 Å². The third-order valence-electron chi connectivity index (χ3n) is 5.27. The molecular weight excluding hydrogens is 395 g/mol. The number of carbonyl (C=O) groups is 1. The van der Waals surface area contributed by atoms with Gasteiger partial charge in [-0.1, -0.05) is 18.9 Å². The predicted molar refractivity (Wildman–Crippen MR) is 113 cm³/mol. The molecule has 0 radical (unpaired) electrons. The molecule has 0 atom stereocenters. The molecule has 1 aromatic rings. The van der Waals surface area contributed by atoms with Crippen LogP contribution < -0.4 is 10.6 Å². The van der Waals surface area contributed by atoms with E-state index in [0.717, 1.165) is 31.9 Å². The highest BCUT2D eigenvalue weighted by atomic mass is 32.2. The smallest absolute Gasteiger partial charge is 0.230 e. The number of hydrogen-bond acceptors (Lipinski definition) is 4. The molecule has 1 saturated carbocycles. The molecule has 0 aromatic heterocycles. The Hall–Kier alpha value is -2.16. The van der Waals surface area contributed by atoms with E-state index in [2.05, 4.69) is 15.6 Å². The molecule has 1 amide bonds. The zero-order valence-corrected chi connectivity index (χ0v) is 18.4. The number of amides is 1. The minimum absolute atomic E-state index is 0.110. The molecule has 1 fully saturated rings. The Morgan fingerprint density at radius 3 is 2.41 bits per heavy atom. The van der Waals surface area contributed by atoms with Gasteiger partial charge in [-0.25, -0.2) is 12.8 Å². The van der Waals surface area contributed by atoms with Crippen LogP contribution in [0.1, 0.15) is 36.8 Å². The molecule has 9 heteroatoms. The molecule has 162 valence electrons. The molecule has 0 bridgehead atoms. The molecular formula is C20H31FN4O3S. The Kier molecular flexibility index (Phi) is 7.62. The Bertz CT molecular complexity index is 862. The van der Waals surface area contributed by atoms with Gasteiger partial charge in [0.1, 0.15) is 5.82 Å².